The maximum Gasteiger partial charge on any atom is 0.351 e. The molecule has 1 aromatic rings. The van der Waals surface area contributed by atoms with E-state index in [0.29, 0.717) is 6.61 Å². The van der Waals surface area contributed by atoms with Crippen LogP contribution in [0, 0.1) is 0 Å². The van der Waals surface area contributed by atoms with Gasteiger partial charge in [0.1, 0.15) is 11.5 Å². The molecule has 0 fully saturated rings. The minimum absolute atomic E-state index is 0.0123. The summed E-state index contributed by atoms with van der Waals surface area (Å²) in [5.74, 6) is -0.241. The molecule has 0 aromatic heterocycles. The second kappa shape index (κ2) is 7.32. The molecule has 0 aliphatic heterocycles. The molecular weight excluding hydrogens is 232 g/mol. The molecule has 1 aromatic carbocycles. The third kappa shape index (κ3) is 4.86. The number of nitrogens with one attached hydrogen (secondary N) is 1. The van der Waals surface area contributed by atoms with Gasteiger partial charge in [0.2, 0.25) is 0 Å². The van der Waals surface area contributed by atoms with Crippen molar-refractivity contribution in [1.29, 1.82) is 0 Å². The Morgan fingerprint density at radius 2 is 2.06 bits per heavy atom. The van der Waals surface area contributed by atoms with Gasteiger partial charge in [-0.2, -0.15) is 5.10 Å². The van der Waals surface area contributed by atoms with Crippen molar-refractivity contribution in [3.8, 4) is 5.75 Å². The fourth-order valence-corrected chi connectivity index (χ4v) is 1.16. The molecule has 0 aliphatic rings. The molecule has 5 heteroatoms. The first-order chi connectivity index (χ1) is 8.63. The van der Waals surface area contributed by atoms with Gasteiger partial charge in [-0.25, -0.2) is 4.79 Å². The van der Waals surface area contributed by atoms with Crippen molar-refractivity contribution in [2.45, 2.75) is 26.7 Å². The summed E-state index contributed by atoms with van der Waals surface area (Å²) in [6.07, 6.45) is 2.13. The number of aliphatic carboxylic acids is 1. The van der Waals surface area contributed by atoms with Crippen molar-refractivity contribution in [3.05, 3.63) is 24.3 Å². The predicted molar refractivity (Wildman–Crippen MR) is 71.2 cm³/mol. The molecule has 0 heterocycles. The smallest absolute Gasteiger partial charge is 0.351 e. The summed E-state index contributed by atoms with van der Waals surface area (Å²) in [5.41, 5.74) is 3.40. The van der Waals surface area contributed by atoms with Crippen LogP contribution >= 0.6 is 0 Å². The maximum absolute atomic E-state index is 10.5. The Kier molecular flexibility index (Phi) is 5.70. The maximum atomic E-state index is 10.5. The lowest BCUT2D eigenvalue weighted by Gasteiger charge is -2.06. The summed E-state index contributed by atoms with van der Waals surface area (Å²) in [6.45, 7) is 4.25. The number of carboxylic acids is 1. The van der Waals surface area contributed by atoms with Gasteiger partial charge in [0.15, 0.2) is 0 Å². The average molecular weight is 250 g/mol. The van der Waals surface area contributed by atoms with E-state index in [1.54, 1.807) is 12.1 Å². The van der Waals surface area contributed by atoms with Gasteiger partial charge < -0.3 is 9.84 Å². The van der Waals surface area contributed by atoms with E-state index in [9.17, 15) is 4.79 Å². The predicted octanol–water partition coefficient (Wildman–Crippen LogP) is 2.74. The van der Waals surface area contributed by atoms with Gasteiger partial charge in [0, 0.05) is 0 Å². The Morgan fingerprint density at radius 3 is 2.61 bits per heavy atom. The van der Waals surface area contributed by atoms with Gasteiger partial charge in [-0.15, -0.1) is 0 Å². The summed E-state index contributed by atoms with van der Waals surface area (Å²) in [6, 6.07) is 7.23. The standard InChI is InChI=1S/C13H18N2O3/c1-3-4-9-18-12-7-5-11(6-8-12)15-14-10(2)13(16)17/h5-8,15H,3-4,9H2,1-2H3,(H,16,17). The molecule has 0 saturated heterocycles. The second-order valence-electron chi connectivity index (χ2n) is 3.84. The van der Waals surface area contributed by atoms with Crippen LogP contribution in [0.25, 0.3) is 0 Å². The fraction of sp³-hybridized carbons (Fsp3) is 0.385. The zero-order valence-corrected chi connectivity index (χ0v) is 10.6. The third-order valence-corrected chi connectivity index (χ3v) is 2.28. The first-order valence-electron chi connectivity index (χ1n) is 5.90. The molecule has 0 atom stereocenters. The van der Waals surface area contributed by atoms with Gasteiger partial charge in [-0.05, 0) is 37.6 Å². The highest BCUT2D eigenvalue weighted by molar-refractivity contribution is 6.34. The van der Waals surface area contributed by atoms with Crippen molar-refractivity contribution in [2.24, 2.45) is 5.10 Å². The summed E-state index contributed by atoms with van der Waals surface area (Å²) in [5, 5.41) is 12.4. The van der Waals surface area contributed by atoms with Crippen LogP contribution in [0.15, 0.2) is 29.4 Å². The Morgan fingerprint density at radius 1 is 1.39 bits per heavy atom. The van der Waals surface area contributed by atoms with E-state index >= 15 is 0 Å². The topological polar surface area (TPSA) is 70.9 Å². The third-order valence-electron chi connectivity index (χ3n) is 2.28. The molecule has 0 unspecified atom stereocenters. The van der Waals surface area contributed by atoms with E-state index in [1.165, 1.54) is 6.92 Å². The highest BCUT2D eigenvalue weighted by Crippen LogP contribution is 2.15. The lowest BCUT2D eigenvalue weighted by atomic mass is 10.3. The number of carboxylic acid groups (broad SMARTS) is 1. The van der Waals surface area contributed by atoms with Gasteiger partial charge in [0.05, 0.1) is 12.3 Å². The summed E-state index contributed by atoms with van der Waals surface area (Å²) >= 11 is 0. The second-order valence-corrected chi connectivity index (χ2v) is 3.84. The Bertz CT molecular complexity index is 413. The number of ether oxygens (including phenoxy) is 1. The molecular formula is C13H18N2O3. The number of nitrogens with zero attached hydrogens (tertiary/aromatic N) is 1. The Labute approximate surface area is 106 Å². The molecule has 18 heavy (non-hydrogen) atoms. The van der Waals surface area contributed by atoms with Crippen LogP contribution < -0.4 is 10.2 Å². The number of benzene rings is 1. The first-order valence-corrected chi connectivity index (χ1v) is 5.90. The number of rotatable bonds is 7. The van der Waals surface area contributed by atoms with Crippen LogP contribution in [0.5, 0.6) is 5.75 Å². The highest BCUT2D eigenvalue weighted by Gasteiger charge is 2.00. The zero-order valence-electron chi connectivity index (χ0n) is 10.6. The molecule has 5 nitrogen and oxygen atoms in total. The molecule has 1 rings (SSSR count). The van der Waals surface area contributed by atoms with Crippen LogP contribution in [-0.2, 0) is 4.79 Å². The molecule has 0 aliphatic carbocycles. The molecule has 0 saturated carbocycles. The zero-order chi connectivity index (χ0) is 13.4. The quantitative estimate of drug-likeness (QED) is 0.443. The fourth-order valence-electron chi connectivity index (χ4n) is 1.16. The van der Waals surface area contributed by atoms with Gasteiger partial charge in [-0.1, -0.05) is 13.3 Å². The van der Waals surface area contributed by atoms with Crippen LogP contribution in [0.2, 0.25) is 0 Å². The van der Waals surface area contributed by atoms with E-state index in [4.69, 9.17) is 9.84 Å². The Hall–Kier alpha value is -2.04. The van der Waals surface area contributed by atoms with Crippen molar-refractivity contribution in [3.63, 3.8) is 0 Å². The molecule has 0 spiro atoms. The molecule has 98 valence electrons. The number of hydrogen-bond acceptors (Lipinski definition) is 4. The van der Waals surface area contributed by atoms with Gasteiger partial charge >= 0.3 is 5.97 Å². The van der Waals surface area contributed by atoms with Gasteiger partial charge in [-0.3, -0.25) is 5.43 Å². The van der Waals surface area contributed by atoms with E-state index in [2.05, 4.69) is 17.5 Å². The van der Waals surface area contributed by atoms with E-state index in [1.807, 2.05) is 12.1 Å². The number of hydrogen-bond donors (Lipinski definition) is 2. The number of hydrazone groups is 1. The molecule has 0 bridgehead atoms. The van der Waals surface area contributed by atoms with E-state index in [0.717, 1.165) is 24.3 Å². The summed E-state index contributed by atoms with van der Waals surface area (Å²) in [4.78, 5) is 10.5. The van der Waals surface area contributed by atoms with E-state index in [-0.39, 0.29) is 5.71 Å². The largest absolute Gasteiger partial charge is 0.494 e. The minimum atomic E-state index is -1.04. The van der Waals surface area contributed by atoms with Crippen molar-refractivity contribution < 1.29 is 14.6 Å². The molecule has 0 amide bonds. The molecule has 0 radical (unpaired) electrons. The van der Waals surface area contributed by atoms with Crippen LogP contribution in [-0.4, -0.2) is 23.4 Å². The van der Waals surface area contributed by atoms with Crippen LogP contribution in [0.1, 0.15) is 26.7 Å². The van der Waals surface area contributed by atoms with Crippen molar-refractivity contribution in [1.82, 2.24) is 0 Å². The lowest BCUT2D eigenvalue weighted by molar-refractivity contribution is -0.129. The minimum Gasteiger partial charge on any atom is -0.494 e. The average Bonchev–Trinajstić information content (AvgIpc) is 2.37. The lowest BCUT2D eigenvalue weighted by Crippen LogP contribution is -2.10. The Balaban J connectivity index is 2.50. The van der Waals surface area contributed by atoms with Crippen molar-refractivity contribution >= 4 is 17.4 Å². The monoisotopic (exact) mass is 250 g/mol. The van der Waals surface area contributed by atoms with Gasteiger partial charge in [0.25, 0.3) is 0 Å². The highest BCUT2D eigenvalue weighted by atomic mass is 16.5. The first kappa shape index (κ1) is 14.0. The summed E-state index contributed by atoms with van der Waals surface area (Å²) in [7, 11) is 0. The van der Waals surface area contributed by atoms with Crippen molar-refractivity contribution in [2.75, 3.05) is 12.0 Å². The number of unbranched alkanes of at least 4 members (excludes halogenated alkanes) is 1. The normalized spacial score (nSPS) is 11.1. The molecule has 2 N–H and O–H groups in total. The van der Waals surface area contributed by atoms with Crippen LogP contribution in [0.4, 0.5) is 5.69 Å². The number of anilines is 1. The SMILES string of the molecule is CCCCOc1ccc(NN=C(C)C(=O)O)cc1. The van der Waals surface area contributed by atoms with E-state index < -0.39 is 5.97 Å². The van der Waals surface area contributed by atoms with Crippen LogP contribution in [0.3, 0.4) is 0 Å². The number of carbonyl (C=O) groups is 1. The summed E-state index contributed by atoms with van der Waals surface area (Å²) < 4.78 is 5.51.